The second-order valence-electron chi connectivity index (χ2n) is 9.47. The number of aliphatic carboxylic acids is 1. The number of rotatable bonds is 9. The first kappa shape index (κ1) is 26.7. The third kappa shape index (κ3) is 6.02. The van der Waals surface area contributed by atoms with Gasteiger partial charge in [0, 0.05) is 6.42 Å². The molecule has 0 aromatic heterocycles. The summed E-state index contributed by atoms with van der Waals surface area (Å²) in [5.74, 6) is -2.54. The fourth-order valence-electron chi connectivity index (χ4n) is 4.32. The highest BCUT2D eigenvalue weighted by Crippen LogP contribution is 2.34. The minimum atomic E-state index is -1.16. The van der Waals surface area contributed by atoms with Crippen molar-refractivity contribution in [1.29, 1.82) is 0 Å². The lowest BCUT2D eigenvalue weighted by Gasteiger charge is -2.39. The van der Waals surface area contributed by atoms with Crippen molar-refractivity contribution in [2.75, 3.05) is 10.2 Å². The fraction of sp³-hybridized carbons (Fsp3) is 0.407. The van der Waals surface area contributed by atoms with Crippen LogP contribution in [-0.4, -0.2) is 47.0 Å². The number of amides is 4. The second-order valence-corrected chi connectivity index (χ2v) is 9.47. The van der Waals surface area contributed by atoms with Crippen molar-refractivity contribution in [2.24, 2.45) is 11.8 Å². The van der Waals surface area contributed by atoms with Gasteiger partial charge in [0.05, 0.1) is 11.4 Å². The first-order valence-electron chi connectivity index (χ1n) is 12.2. The summed E-state index contributed by atoms with van der Waals surface area (Å²) in [6.07, 6.45) is 0.678. The van der Waals surface area contributed by atoms with Gasteiger partial charge >= 0.3 is 12.0 Å². The van der Waals surface area contributed by atoms with Crippen LogP contribution >= 0.6 is 0 Å². The van der Waals surface area contributed by atoms with Crippen molar-refractivity contribution in [3.63, 3.8) is 0 Å². The average Bonchev–Trinajstić information content (AvgIpc) is 2.85. The Bertz CT molecular complexity index is 1100. The molecule has 0 fully saturated rings. The van der Waals surface area contributed by atoms with Gasteiger partial charge in [0.25, 0.3) is 0 Å². The van der Waals surface area contributed by atoms with Gasteiger partial charge < -0.3 is 21.1 Å². The number of carbonyl (C=O) groups is 4. The summed E-state index contributed by atoms with van der Waals surface area (Å²) in [7, 11) is 0. The molecule has 9 nitrogen and oxygen atoms in total. The number of hydrogen-bond donors (Lipinski definition) is 4. The van der Waals surface area contributed by atoms with Gasteiger partial charge in [-0.05, 0) is 29.5 Å². The third-order valence-corrected chi connectivity index (χ3v) is 6.49. The molecule has 36 heavy (non-hydrogen) atoms. The number of carboxylic acids is 1. The van der Waals surface area contributed by atoms with Crippen molar-refractivity contribution in [1.82, 2.24) is 10.6 Å². The van der Waals surface area contributed by atoms with Crippen molar-refractivity contribution in [3.8, 4) is 0 Å². The molecule has 0 radical (unpaired) electrons. The van der Waals surface area contributed by atoms with Crippen LogP contribution in [0.4, 0.5) is 16.2 Å². The molecule has 0 bridgehead atoms. The Hall–Kier alpha value is -3.88. The van der Waals surface area contributed by atoms with E-state index in [-0.39, 0.29) is 24.2 Å². The number of benzene rings is 2. The zero-order valence-electron chi connectivity index (χ0n) is 21.0. The van der Waals surface area contributed by atoms with Gasteiger partial charge in [-0.2, -0.15) is 0 Å². The molecule has 0 aliphatic carbocycles. The third-order valence-electron chi connectivity index (χ3n) is 6.49. The lowest BCUT2D eigenvalue weighted by molar-refractivity contribution is -0.142. The zero-order chi connectivity index (χ0) is 26.4. The first-order chi connectivity index (χ1) is 17.1. The number of para-hydroxylation sites is 2. The Labute approximate surface area is 211 Å². The summed E-state index contributed by atoms with van der Waals surface area (Å²) >= 11 is 0. The molecule has 0 spiro atoms. The van der Waals surface area contributed by atoms with E-state index in [4.69, 9.17) is 0 Å². The topological polar surface area (TPSA) is 128 Å². The van der Waals surface area contributed by atoms with E-state index in [1.165, 1.54) is 4.90 Å². The Morgan fingerprint density at radius 3 is 2.25 bits per heavy atom. The van der Waals surface area contributed by atoms with E-state index in [2.05, 4.69) is 16.0 Å². The van der Waals surface area contributed by atoms with Crippen molar-refractivity contribution in [2.45, 2.75) is 58.7 Å². The first-order valence-corrected chi connectivity index (χ1v) is 12.2. The molecule has 0 unspecified atom stereocenters. The number of carboxylic acid groups (broad SMARTS) is 1. The van der Waals surface area contributed by atoms with Crippen LogP contribution in [0.25, 0.3) is 0 Å². The van der Waals surface area contributed by atoms with E-state index in [0.29, 0.717) is 17.8 Å². The molecule has 3 rings (SSSR count). The van der Waals surface area contributed by atoms with Crippen molar-refractivity contribution >= 4 is 35.2 Å². The molecule has 2 aromatic carbocycles. The Kier molecular flexibility index (Phi) is 8.68. The molecule has 1 aliphatic rings. The number of nitrogens with zero attached hydrogens (tertiary/aromatic N) is 1. The summed E-state index contributed by atoms with van der Waals surface area (Å²) in [4.78, 5) is 53.0. The Balaban J connectivity index is 1.85. The van der Waals surface area contributed by atoms with E-state index in [1.807, 2.05) is 33.8 Å². The number of anilines is 2. The summed E-state index contributed by atoms with van der Waals surface area (Å²) < 4.78 is 0. The standard InChI is InChI=1S/C27H34N4O5/c1-5-17(4)22(24(32)29-20(26(34)35)15-18-11-7-6-8-12-18)30-27(36)31-21-14-10-9-13-19(21)28-25(33)23(31)16(2)3/h6-14,16-17,20,22-23H,5,15H2,1-4H3,(H,28,33)(H,29,32)(H,30,36)(H,34,35)/t17-,20+,22-,23-/m0/s1. The van der Waals surface area contributed by atoms with E-state index < -0.39 is 36.0 Å². The second kappa shape index (κ2) is 11.7. The molecule has 0 saturated carbocycles. The van der Waals surface area contributed by atoms with Crippen LogP contribution in [0, 0.1) is 11.8 Å². The highest BCUT2D eigenvalue weighted by atomic mass is 16.4. The average molecular weight is 495 g/mol. The summed E-state index contributed by atoms with van der Waals surface area (Å²) in [5.41, 5.74) is 1.81. The summed E-state index contributed by atoms with van der Waals surface area (Å²) in [6.45, 7) is 7.39. The van der Waals surface area contributed by atoms with Gasteiger partial charge in [-0.3, -0.25) is 14.5 Å². The van der Waals surface area contributed by atoms with Crippen LogP contribution in [0.3, 0.4) is 0 Å². The van der Waals surface area contributed by atoms with Gasteiger partial charge in [0.1, 0.15) is 18.1 Å². The maximum absolute atomic E-state index is 13.6. The molecule has 1 heterocycles. The SMILES string of the molecule is CC[C@H](C)[C@H](NC(=O)N1c2ccccc2NC(=O)[C@@H]1C(C)C)C(=O)N[C@H](Cc1ccccc1)C(=O)O. The summed E-state index contributed by atoms with van der Waals surface area (Å²) in [5, 5.41) is 18.0. The maximum atomic E-state index is 13.6. The number of nitrogens with one attached hydrogen (secondary N) is 3. The van der Waals surface area contributed by atoms with Crippen LogP contribution in [0.15, 0.2) is 54.6 Å². The van der Waals surface area contributed by atoms with E-state index in [0.717, 1.165) is 5.56 Å². The Morgan fingerprint density at radius 2 is 1.64 bits per heavy atom. The monoisotopic (exact) mass is 494 g/mol. The van der Waals surface area contributed by atoms with Gasteiger partial charge in [-0.15, -0.1) is 0 Å². The van der Waals surface area contributed by atoms with Crippen LogP contribution in [0.1, 0.15) is 39.7 Å². The molecule has 4 amide bonds. The van der Waals surface area contributed by atoms with Gasteiger partial charge in [0.15, 0.2) is 0 Å². The van der Waals surface area contributed by atoms with Gasteiger partial charge in [0.2, 0.25) is 11.8 Å². The predicted octanol–water partition coefficient (Wildman–Crippen LogP) is 3.41. The van der Waals surface area contributed by atoms with Crippen molar-refractivity contribution in [3.05, 3.63) is 60.2 Å². The highest BCUT2D eigenvalue weighted by molar-refractivity contribution is 6.12. The molecule has 4 N–H and O–H groups in total. The molecule has 192 valence electrons. The largest absolute Gasteiger partial charge is 0.480 e. The molecule has 0 saturated heterocycles. The Morgan fingerprint density at radius 1 is 1.00 bits per heavy atom. The van der Waals surface area contributed by atoms with Crippen molar-refractivity contribution < 1.29 is 24.3 Å². The zero-order valence-corrected chi connectivity index (χ0v) is 21.0. The van der Waals surface area contributed by atoms with Crippen LogP contribution in [0.5, 0.6) is 0 Å². The number of urea groups is 1. The minimum Gasteiger partial charge on any atom is -0.480 e. The van der Waals surface area contributed by atoms with Gasteiger partial charge in [-0.1, -0.05) is 76.6 Å². The van der Waals surface area contributed by atoms with Crippen LogP contribution in [-0.2, 0) is 20.8 Å². The van der Waals surface area contributed by atoms with Crippen LogP contribution in [0.2, 0.25) is 0 Å². The lowest BCUT2D eigenvalue weighted by atomic mass is 9.96. The highest BCUT2D eigenvalue weighted by Gasteiger charge is 2.40. The minimum absolute atomic E-state index is 0.109. The predicted molar refractivity (Wildman–Crippen MR) is 138 cm³/mol. The number of carbonyl (C=O) groups excluding carboxylic acids is 3. The quantitative estimate of drug-likeness (QED) is 0.425. The van der Waals surface area contributed by atoms with Gasteiger partial charge in [-0.25, -0.2) is 9.59 Å². The number of hydrogen-bond acceptors (Lipinski definition) is 4. The smallest absolute Gasteiger partial charge is 0.326 e. The molecule has 9 heteroatoms. The molecule has 4 atom stereocenters. The van der Waals surface area contributed by atoms with E-state index in [9.17, 15) is 24.3 Å². The molecule has 2 aromatic rings. The molecular formula is C27H34N4O5. The van der Waals surface area contributed by atoms with E-state index in [1.54, 1.807) is 48.5 Å². The normalized spacial score (nSPS) is 17.4. The summed E-state index contributed by atoms with van der Waals surface area (Å²) in [6, 6.07) is 12.5. The maximum Gasteiger partial charge on any atom is 0.326 e. The molecular weight excluding hydrogens is 460 g/mol. The number of fused-ring (bicyclic) bond motifs is 1. The molecule has 1 aliphatic heterocycles. The van der Waals surface area contributed by atoms with Crippen LogP contribution < -0.4 is 20.9 Å². The lowest BCUT2D eigenvalue weighted by Crippen LogP contribution is -2.61. The fourth-order valence-corrected chi connectivity index (χ4v) is 4.32. The van der Waals surface area contributed by atoms with E-state index >= 15 is 0 Å².